The standard InChI is InChI=1S/C24H35NO5/c1-17-13-19(15-25(10-11-26)16-20-9-8-12-28-20)14-18(2)21(17)29-24(6,7)22(27)30-23(3,4)5/h8-9,12-14,26H,10-11,15-16H2,1-7H3. The Bertz CT molecular complexity index is 811. The number of carbonyl (C=O) groups excluding carboxylic acids is 1. The first-order valence-corrected chi connectivity index (χ1v) is 10.3. The van der Waals surface area contributed by atoms with Crippen LogP contribution >= 0.6 is 0 Å². The molecule has 0 amide bonds. The van der Waals surface area contributed by atoms with E-state index in [1.807, 2.05) is 46.8 Å². The Hall–Kier alpha value is -2.31. The molecule has 1 heterocycles. The van der Waals surface area contributed by atoms with Gasteiger partial charge in [-0.25, -0.2) is 4.79 Å². The van der Waals surface area contributed by atoms with Gasteiger partial charge >= 0.3 is 5.97 Å². The fraction of sp³-hybridized carbons (Fsp3) is 0.542. The minimum absolute atomic E-state index is 0.0734. The molecule has 0 bridgehead atoms. The average Bonchev–Trinajstić information content (AvgIpc) is 3.10. The van der Waals surface area contributed by atoms with Crippen LogP contribution in [-0.2, 0) is 22.6 Å². The minimum atomic E-state index is -1.10. The minimum Gasteiger partial charge on any atom is -0.476 e. The maximum absolute atomic E-state index is 12.6. The third-order valence-electron chi connectivity index (χ3n) is 4.55. The predicted molar refractivity (Wildman–Crippen MR) is 116 cm³/mol. The Morgan fingerprint density at radius 1 is 1.10 bits per heavy atom. The van der Waals surface area contributed by atoms with Crippen LogP contribution in [0.2, 0.25) is 0 Å². The number of aryl methyl sites for hydroxylation is 2. The molecule has 0 unspecified atom stereocenters. The highest BCUT2D eigenvalue weighted by Crippen LogP contribution is 2.30. The van der Waals surface area contributed by atoms with E-state index in [-0.39, 0.29) is 6.61 Å². The van der Waals surface area contributed by atoms with Crippen LogP contribution in [0.25, 0.3) is 0 Å². The molecule has 0 spiro atoms. The van der Waals surface area contributed by atoms with Gasteiger partial charge in [0.15, 0.2) is 5.60 Å². The summed E-state index contributed by atoms with van der Waals surface area (Å²) in [5, 5.41) is 9.42. The largest absolute Gasteiger partial charge is 0.476 e. The summed E-state index contributed by atoms with van der Waals surface area (Å²) in [6.07, 6.45) is 1.65. The highest BCUT2D eigenvalue weighted by molar-refractivity contribution is 5.79. The van der Waals surface area contributed by atoms with E-state index in [0.717, 1.165) is 22.5 Å². The molecule has 0 saturated heterocycles. The first-order chi connectivity index (χ1) is 13.9. The molecule has 1 aromatic carbocycles. The Balaban J connectivity index is 2.16. The van der Waals surface area contributed by atoms with Crippen LogP contribution in [0.3, 0.4) is 0 Å². The van der Waals surface area contributed by atoms with Gasteiger partial charge in [-0.1, -0.05) is 12.1 Å². The number of aliphatic hydroxyl groups is 1. The highest BCUT2D eigenvalue weighted by Gasteiger charge is 2.35. The second kappa shape index (κ2) is 9.67. The van der Waals surface area contributed by atoms with Crippen molar-refractivity contribution >= 4 is 5.97 Å². The van der Waals surface area contributed by atoms with Crippen LogP contribution < -0.4 is 4.74 Å². The van der Waals surface area contributed by atoms with Crippen LogP contribution in [0, 0.1) is 13.8 Å². The van der Waals surface area contributed by atoms with Crippen molar-refractivity contribution in [1.82, 2.24) is 4.90 Å². The molecule has 30 heavy (non-hydrogen) atoms. The summed E-state index contributed by atoms with van der Waals surface area (Å²) in [5.41, 5.74) is 1.32. The van der Waals surface area contributed by atoms with Gasteiger partial charge in [0.1, 0.15) is 17.1 Å². The quantitative estimate of drug-likeness (QED) is 0.610. The Morgan fingerprint density at radius 2 is 1.73 bits per heavy atom. The number of aliphatic hydroxyl groups excluding tert-OH is 1. The maximum Gasteiger partial charge on any atom is 0.350 e. The summed E-state index contributed by atoms with van der Waals surface area (Å²) in [4.78, 5) is 14.7. The van der Waals surface area contributed by atoms with Gasteiger partial charge in [-0.2, -0.15) is 0 Å². The van der Waals surface area contributed by atoms with E-state index in [2.05, 4.69) is 17.0 Å². The first kappa shape index (κ1) is 24.0. The molecular formula is C24H35NO5. The van der Waals surface area contributed by atoms with Crippen molar-refractivity contribution in [3.8, 4) is 5.75 Å². The lowest BCUT2D eigenvalue weighted by Crippen LogP contribution is -2.43. The summed E-state index contributed by atoms with van der Waals surface area (Å²) in [5.74, 6) is 1.15. The van der Waals surface area contributed by atoms with Crippen LogP contribution in [0.4, 0.5) is 0 Å². The number of carbonyl (C=O) groups is 1. The molecular weight excluding hydrogens is 382 g/mol. The molecule has 0 fully saturated rings. The van der Waals surface area contributed by atoms with Crippen molar-refractivity contribution in [1.29, 1.82) is 0 Å². The molecule has 0 aliphatic carbocycles. The summed E-state index contributed by atoms with van der Waals surface area (Å²) in [7, 11) is 0. The van der Waals surface area contributed by atoms with Gasteiger partial charge in [-0.15, -0.1) is 0 Å². The van der Waals surface area contributed by atoms with Gasteiger partial charge in [-0.3, -0.25) is 4.90 Å². The van der Waals surface area contributed by atoms with E-state index in [1.165, 1.54) is 0 Å². The molecule has 0 aliphatic heterocycles. The van der Waals surface area contributed by atoms with Gasteiger partial charge < -0.3 is 19.0 Å². The second-order valence-electron chi connectivity index (χ2n) is 9.19. The molecule has 0 saturated carbocycles. The van der Waals surface area contributed by atoms with Crippen molar-refractivity contribution in [2.45, 2.75) is 72.8 Å². The number of rotatable bonds is 9. The van der Waals surface area contributed by atoms with Crippen molar-refractivity contribution in [2.24, 2.45) is 0 Å². The summed E-state index contributed by atoms with van der Waals surface area (Å²) < 4.78 is 17.1. The van der Waals surface area contributed by atoms with Gasteiger partial charge in [0.25, 0.3) is 0 Å². The molecule has 0 aliphatic rings. The van der Waals surface area contributed by atoms with E-state index in [9.17, 15) is 9.90 Å². The van der Waals surface area contributed by atoms with Crippen LogP contribution in [0.1, 0.15) is 57.1 Å². The lowest BCUT2D eigenvalue weighted by Gasteiger charge is -2.30. The molecule has 2 rings (SSSR count). The number of hydrogen-bond acceptors (Lipinski definition) is 6. The van der Waals surface area contributed by atoms with E-state index in [4.69, 9.17) is 13.9 Å². The van der Waals surface area contributed by atoms with Gasteiger partial charge in [0, 0.05) is 13.1 Å². The molecule has 1 N–H and O–H groups in total. The number of furan rings is 1. The zero-order chi connectivity index (χ0) is 22.5. The predicted octanol–water partition coefficient (Wildman–Crippen LogP) is 4.39. The first-order valence-electron chi connectivity index (χ1n) is 10.3. The smallest absolute Gasteiger partial charge is 0.350 e. The zero-order valence-corrected chi connectivity index (χ0v) is 19.2. The fourth-order valence-electron chi connectivity index (χ4n) is 3.23. The normalized spacial score (nSPS) is 12.3. The fourth-order valence-corrected chi connectivity index (χ4v) is 3.23. The zero-order valence-electron chi connectivity index (χ0n) is 19.2. The SMILES string of the molecule is Cc1cc(CN(CCO)Cc2ccco2)cc(C)c1OC(C)(C)C(=O)OC(C)(C)C. The number of ether oxygens (including phenoxy) is 2. The van der Waals surface area contributed by atoms with Crippen molar-refractivity contribution < 1.29 is 23.8 Å². The number of hydrogen-bond donors (Lipinski definition) is 1. The molecule has 1 aromatic heterocycles. The highest BCUT2D eigenvalue weighted by atomic mass is 16.6. The molecule has 2 aromatic rings. The van der Waals surface area contributed by atoms with Gasteiger partial charge in [0.2, 0.25) is 0 Å². The summed E-state index contributed by atoms with van der Waals surface area (Å²) in [6, 6.07) is 7.90. The van der Waals surface area contributed by atoms with Crippen molar-refractivity contribution in [2.75, 3.05) is 13.2 Å². The van der Waals surface area contributed by atoms with Gasteiger partial charge in [0.05, 0.1) is 19.4 Å². The van der Waals surface area contributed by atoms with Gasteiger partial charge in [-0.05, 0) is 77.3 Å². The molecule has 6 heteroatoms. The van der Waals surface area contributed by atoms with E-state index in [1.54, 1.807) is 20.1 Å². The monoisotopic (exact) mass is 417 g/mol. The lowest BCUT2D eigenvalue weighted by molar-refractivity contribution is -0.171. The van der Waals surface area contributed by atoms with Crippen LogP contribution in [0.5, 0.6) is 5.75 Å². The number of benzene rings is 1. The third kappa shape index (κ3) is 6.89. The summed E-state index contributed by atoms with van der Waals surface area (Å²) >= 11 is 0. The Labute approximate surface area is 179 Å². The maximum atomic E-state index is 12.6. The molecule has 166 valence electrons. The van der Waals surface area contributed by atoms with Crippen molar-refractivity contribution in [3.05, 3.63) is 53.0 Å². The average molecular weight is 418 g/mol. The number of esters is 1. The lowest BCUT2D eigenvalue weighted by atomic mass is 10.0. The molecule has 6 nitrogen and oxygen atoms in total. The topological polar surface area (TPSA) is 72.1 Å². The van der Waals surface area contributed by atoms with Crippen molar-refractivity contribution in [3.63, 3.8) is 0 Å². The van der Waals surface area contributed by atoms with E-state index < -0.39 is 17.2 Å². The number of nitrogens with zero attached hydrogens (tertiary/aromatic N) is 1. The molecule has 0 atom stereocenters. The van der Waals surface area contributed by atoms with E-state index in [0.29, 0.717) is 25.4 Å². The Kier molecular flexibility index (Phi) is 7.72. The van der Waals surface area contributed by atoms with E-state index >= 15 is 0 Å². The Morgan fingerprint density at radius 3 is 2.23 bits per heavy atom. The molecule has 0 radical (unpaired) electrons. The summed E-state index contributed by atoms with van der Waals surface area (Å²) in [6.45, 7) is 14.8. The second-order valence-corrected chi connectivity index (χ2v) is 9.19. The van der Waals surface area contributed by atoms with Crippen LogP contribution in [0.15, 0.2) is 34.9 Å². The third-order valence-corrected chi connectivity index (χ3v) is 4.55. The van der Waals surface area contributed by atoms with Crippen LogP contribution in [-0.4, -0.2) is 40.3 Å².